The van der Waals surface area contributed by atoms with E-state index in [0.29, 0.717) is 23.2 Å². The smallest absolute Gasteiger partial charge is 0.184 e. The Kier molecular flexibility index (Phi) is 6.89. The molecule has 2 aromatic rings. The van der Waals surface area contributed by atoms with E-state index in [0.717, 1.165) is 44.8 Å². The van der Waals surface area contributed by atoms with Crippen molar-refractivity contribution in [3.63, 3.8) is 0 Å². The minimum atomic E-state index is -0.00469. The number of halogens is 3. The SMILES string of the molecule is C=c1[nH]cc(Cc2sc(NCC3=CCNCC3Cl)nc2Cl)/c1=C/C(Cl)=C\N. The van der Waals surface area contributed by atoms with E-state index in [4.69, 9.17) is 40.5 Å². The third kappa shape index (κ3) is 5.09. The van der Waals surface area contributed by atoms with Gasteiger partial charge in [-0.1, -0.05) is 35.9 Å². The molecule has 0 bridgehead atoms. The van der Waals surface area contributed by atoms with Gasteiger partial charge in [0.05, 0.1) is 15.3 Å². The standard InChI is InChI=1S/C18H20Cl3N5S/c1-10-14(5-13(19)6-22)12(8-24-10)4-16-17(21)26-18(27-16)25-7-11-2-3-23-9-15(11)20/h2,5-6,8,15,23-24H,1,3-4,7,9,22H2,(H,25,26)/b13-6+,14-5+. The summed E-state index contributed by atoms with van der Waals surface area (Å²) in [6, 6.07) is 0. The van der Waals surface area contributed by atoms with Crippen LogP contribution >= 0.6 is 46.1 Å². The van der Waals surface area contributed by atoms with E-state index in [1.807, 2.05) is 6.20 Å². The molecule has 0 saturated heterocycles. The van der Waals surface area contributed by atoms with E-state index in [9.17, 15) is 0 Å². The van der Waals surface area contributed by atoms with Gasteiger partial charge in [0, 0.05) is 49.0 Å². The Bertz CT molecular complexity index is 976. The molecule has 1 unspecified atom stereocenters. The van der Waals surface area contributed by atoms with Gasteiger partial charge in [-0.25, -0.2) is 4.98 Å². The first-order valence-electron chi connectivity index (χ1n) is 8.35. The second-order valence-electron chi connectivity index (χ2n) is 6.07. The highest BCUT2D eigenvalue weighted by Crippen LogP contribution is 2.29. The van der Waals surface area contributed by atoms with Crippen molar-refractivity contribution in [1.29, 1.82) is 0 Å². The zero-order valence-corrected chi connectivity index (χ0v) is 17.6. The summed E-state index contributed by atoms with van der Waals surface area (Å²) in [5.41, 5.74) is 7.65. The number of anilines is 1. The molecule has 2 aromatic heterocycles. The minimum absolute atomic E-state index is 0.00469. The molecule has 0 fully saturated rings. The quantitative estimate of drug-likeness (QED) is 0.408. The maximum atomic E-state index is 6.35. The van der Waals surface area contributed by atoms with Crippen LogP contribution in [0.1, 0.15) is 10.4 Å². The van der Waals surface area contributed by atoms with Crippen LogP contribution in [-0.2, 0) is 6.42 Å². The van der Waals surface area contributed by atoms with Gasteiger partial charge >= 0.3 is 0 Å². The average Bonchev–Trinajstić information content (AvgIpc) is 3.18. The van der Waals surface area contributed by atoms with Crippen molar-refractivity contribution < 1.29 is 0 Å². The number of aromatic nitrogens is 2. The molecule has 9 heteroatoms. The molecule has 0 radical (unpaired) electrons. The Morgan fingerprint density at radius 1 is 1.52 bits per heavy atom. The summed E-state index contributed by atoms with van der Waals surface area (Å²) < 4.78 is 0. The predicted molar refractivity (Wildman–Crippen MR) is 117 cm³/mol. The topological polar surface area (TPSA) is 78.8 Å². The lowest BCUT2D eigenvalue weighted by atomic mass is 10.1. The molecule has 1 aliphatic rings. The van der Waals surface area contributed by atoms with Crippen LogP contribution in [0.5, 0.6) is 0 Å². The molecule has 5 N–H and O–H groups in total. The number of nitrogens with two attached hydrogens (primary N) is 1. The first-order chi connectivity index (χ1) is 13.0. The van der Waals surface area contributed by atoms with Gasteiger partial charge in [-0.3, -0.25) is 0 Å². The third-order valence-corrected chi connectivity index (χ3v) is 6.32. The summed E-state index contributed by atoms with van der Waals surface area (Å²) >= 11 is 20.2. The summed E-state index contributed by atoms with van der Waals surface area (Å²) in [4.78, 5) is 8.50. The van der Waals surface area contributed by atoms with Gasteiger partial charge in [-0.05, 0) is 17.2 Å². The number of alkyl halides is 1. The van der Waals surface area contributed by atoms with Gasteiger partial charge in [-0.15, -0.1) is 22.9 Å². The largest absolute Gasteiger partial charge is 0.403 e. The molecule has 5 nitrogen and oxygen atoms in total. The average molecular weight is 445 g/mol. The molecule has 27 heavy (non-hydrogen) atoms. The van der Waals surface area contributed by atoms with Gasteiger partial charge in [0.1, 0.15) is 5.15 Å². The number of nitrogens with zero attached hydrogens (tertiary/aromatic N) is 1. The van der Waals surface area contributed by atoms with Crippen LogP contribution in [-0.4, -0.2) is 35.0 Å². The van der Waals surface area contributed by atoms with E-state index in [-0.39, 0.29) is 5.38 Å². The van der Waals surface area contributed by atoms with E-state index < -0.39 is 0 Å². The van der Waals surface area contributed by atoms with E-state index in [1.54, 1.807) is 6.08 Å². The van der Waals surface area contributed by atoms with Gasteiger partial charge in [0.15, 0.2) is 5.13 Å². The summed E-state index contributed by atoms with van der Waals surface area (Å²) in [6.45, 7) is 6.26. The fourth-order valence-electron chi connectivity index (χ4n) is 2.76. The van der Waals surface area contributed by atoms with Crippen LogP contribution in [0.4, 0.5) is 5.13 Å². The number of hydrogen-bond acceptors (Lipinski definition) is 5. The van der Waals surface area contributed by atoms with Crippen LogP contribution in [0.25, 0.3) is 12.7 Å². The van der Waals surface area contributed by atoms with E-state index in [2.05, 4.69) is 33.3 Å². The summed E-state index contributed by atoms with van der Waals surface area (Å²) in [5, 5.41) is 9.93. The Morgan fingerprint density at radius 3 is 3.07 bits per heavy atom. The van der Waals surface area contributed by atoms with Gasteiger partial charge < -0.3 is 21.4 Å². The molecule has 1 aliphatic heterocycles. The Balaban J connectivity index is 1.75. The maximum absolute atomic E-state index is 6.35. The Hall–Kier alpha value is -1.44. The summed E-state index contributed by atoms with van der Waals surface area (Å²) in [5.74, 6) is 0. The number of allylic oxidation sites excluding steroid dienone is 1. The normalized spacial score (nSPS) is 18.6. The number of H-pyrrole nitrogens is 1. The van der Waals surface area contributed by atoms with Crippen molar-refractivity contribution in [3.8, 4) is 0 Å². The highest BCUT2D eigenvalue weighted by Gasteiger charge is 2.16. The van der Waals surface area contributed by atoms with Crippen molar-refractivity contribution in [2.75, 3.05) is 25.0 Å². The number of thiazole rings is 1. The molecule has 1 atom stereocenters. The van der Waals surface area contributed by atoms with Crippen molar-refractivity contribution in [2.45, 2.75) is 11.8 Å². The summed E-state index contributed by atoms with van der Waals surface area (Å²) in [6.07, 6.45) is 7.76. The fourth-order valence-corrected chi connectivity index (χ4v) is 4.33. The van der Waals surface area contributed by atoms with Crippen molar-refractivity contribution in [2.24, 2.45) is 5.73 Å². The van der Waals surface area contributed by atoms with Crippen LogP contribution in [0.3, 0.4) is 0 Å². The molecule has 0 spiro atoms. The van der Waals surface area contributed by atoms with E-state index in [1.165, 1.54) is 17.5 Å². The molecular formula is C18H20Cl3N5S. The molecule has 0 aromatic carbocycles. The second kappa shape index (κ2) is 9.17. The highest BCUT2D eigenvalue weighted by molar-refractivity contribution is 7.16. The zero-order chi connectivity index (χ0) is 19.4. The Morgan fingerprint density at radius 2 is 2.33 bits per heavy atom. The molecule has 0 amide bonds. The number of nitrogens with one attached hydrogen (secondary N) is 3. The zero-order valence-electron chi connectivity index (χ0n) is 14.5. The Labute approximate surface area is 176 Å². The lowest BCUT2D eigenvalue weighted by Crippen LogP contribution is -2.32. The van der Waals surface area contributed by atoms with Crippen molar-refractivity contribution in [3.05, 3.63) is 55.2 Å². The lowest BCUT2D eigenvalue weighted by Gasteiger charge is -2.19. The maximum Gasteiger partial charge on any atom is 0.184 e. The molecule has 3 rings (SSSR count). The number of rotatable bonds is 6. The molecule has 0 saturated carbocycles. The third-order valence-electron chi connectivity index (χ3n) is 4.21. The van der Waals surface area contributed by atoms with Crippen LogP contribution in [0.15, 0.2) is 29.1 Å². The van der Waals surface area contributed by atoms with Gasteiger partial charge in [0.2, 0.25) is 0 Å². The first kappa shape index (κ1) is 20.3. The lowest BCUT2D eigenvalue weighted by molar-refractivity contribution is 0.703. The molecular weight excluding hydrogens is 425 g/mol. The van der Waals surface area contributed by atoms with Gasteiger partial charge in [0.25, 0.3) is 0 Å². The number of hydrogen-bond donors (Lipinski definition) is 4. The number of aromatic amines is 1. The van der Waals surface area contributed by atoms with Crippen LogP contribution in [0, 0.1) is 0 Å². The van der Waals surface area contributed by atoms with E-state index >= 15 is 0 Å². The predicted octanol–water partition coefficient (Wildman–Crippen LogP) is 2.49. The van der Waals surface area contributed by atoms with Crippen LogP contribution < -0.4 is 26.9 Å². The summed E-state index contributed by atoms with van der Waals surface area (Å²) in [7, 11) is 0. The molecule has 3 heterocycles. The minimum Gasteiger partial charge on any atom is -0.403 e. The second-order valence-corrected chi connectivity index (χ2v) is 8.48. The molecule has 144 valence electrons. The van der Waals surface area contributed by atoms with Crippen molar-refractivity contribution in [1.82, 2.24) is 15.3 Å². The first-order valence-corrected chi connectivity index (χ1v) is 10.4. The fraction of sp³-hybridized carbons (Fsp3) is 0.278. The highest BCUT2D eigenvalue weighted by atomic mass is 35.5. The molecule has 0 aliphatic carbocycles. The van der Waals surface area contributed by atoms with Crippen molar-refractivity contribution >= 4 is 63.9 Å². The van der Waals surface area contributed by atoms with Crippen LogP contribution in [0.2, 0.25) is 5.15 Å². The monoisotopic (exact) mass is 443 g/mol. The van der Waals surface area contributed by atoms with Gasteiger partial charge in [-0.2, -0.15) is 0 Å².